The van der Waals surface area contributed by atoms with E-state index in [9.17, 15) is 23.1 Å². The molecule has 0 aromatic rings. The first-order valence-electron chi connectivity index (χ1n) is 10.1. The molecule has 5 N–H and O–H groups in total. The highest BCUT2D eigenvalue weighted by atomic mass is 35.5. The van der Waals surface area contributed by atoms with E-state index in [4.69, 9.17) is 16.7 Å². The van der Waals surface area contributed by atoms with E-state index in [0.717, 1.165) is 0 Å². The van der Waals surface area contributed by atoms with E-state index in [1.165, 1.54) is 11.8 Å². The molecule has 8 atom stereocenters. The highest BCUT2D eigenvalue weighted by molar-refractivity contribution is 8.00. The molecule has 168 valence electrons. The zero-order valence-electron chi connectivity index (χ0n) is 16.0. The standard InChI is InChI=1S/C18H29ClF3N3O3S/c19-11-5-9(8-23-3-4-26)15(27)12(7-11)16(28)25-17-24-13-2-1-10(18(20,21)22)6-14(13)29-17/h9-15,17,23-24,26-27H,1-8H2,(H,25,28). The lowest BCUT2D eigenvalue weighted by molar-refractivity contribution is -0.181. The largest absolute Gasteiger partial charge is 0.395 e. The Kier molecular flexibility index (Phi) is 8.00. The van der Waals surface area contributed by atoms with Crippen LogP contribution >= 0.6 is 23.4 Å². The van der Waals surface area contributed by atoms with Crippen LogP contribution in [0, 0.1) is 17.8 Å². The molecular weight excluding hydrogens is 431 g/mol. The lowest BCUT2D eigenvalue weighted by Crippen LogP contribution is -2.52. The van der Waals surface area contributed by atoms with Gasteiger partial charge in [0.2, 0.25) is 5.91 Å². The van der Waals surface area contributed by atoms with Crippen LogP contribution in [0.1, 0.15) is 32.1 Å². The molecule has 2 saturated carbocycles. The number of aliphatic hydroxyl groups excluding tert-OH is 2. The monoisotopic (exact) mass is 459 g/mol. The smallest absolute Gasteiger partial charge is 0.391 e. The number of carbonyl (C=O) groups is 1. The predicted octanol–water partition coefficient (Wildman–Crippen LogP) is 1.40. The molecule has 1 amide bonds. The Bertz CT molecular complexity index is 574. The molecule has 3 rings (SSSR count). The number of thioether (sulfide) groups is 1. The normalized spacial score (nSPS) is 40.5. The van der Waals surface area contributed by atoms with Crippen LogP contribution in [0.15, 0.2) is 0 Å². The molecule has 3 fully saturated rings. The highest BCUT2D eigenvalue weighted by Crippen LogP contribution is 2.44. The summed E-state index contributed by atoms with van der Waals surface area (Å²) in [5, 5.41) is 28.2. The fourth-order valence-electron chi connectivity index (χ4n) is 4.63. The number of fused-ring (bicyclic) bond motifs is 1. The Labute approximate surface area is 177 Å². The number of hydrogen-bond donors (Lipinski definition) is 5. The van der Waals surface area contributed by atoms with E-state index in [1.807, 2.05) is 0 Å². The SMILES string of the molecule is O=C(NC1NC2CCC(C(F)(F)F)CC2S1)C1CC(Cl)CC(CNCCO)C1O. The van der Waals surface area contributed by atoms with Crippen molar-refractivity contribution < 1.29 is 28.2 Å². The summed E-state index contributed by atoms with van der Waals surface area (Å²) in [5.41, 5.74) is -0.460. The number of hydrogen-bond acceptors (Lipinski definition) is 6. The third-order valence-corrected chi connectivity index (χ3v) is 7.95. The molecule has 1 aliphatic heterocycles. The van der Waals surface area contributed by atoms with Gasteiger partial charge in [-0.1, -0.05) is 0 Å². The third kappa shape index (κ3) is 5.92. The maximum Gasteiger partial charge on any atom is 0.391 e. The lowest BCUT2D eigenvalue weighted by Gasteiger charge is -2.37. The van der Waals surface area contributed by atoms with Crippen molar-refractivity contribution in [3.8, 4) is 0 Å². The van der Waals surface area contributed by atoms with E-state index in [2.05, 4.69) is 16.0 Å². The molecule has 8 unspecified atom stereocenters. The van der Waals surface area contributed by atoms with Crippen LogP contribution in [0.2, 0.25) is 0 Å². The summed E-state index contributed by atoms with van der Waals surface area (Å²) in [6, 6.07) is -0.0450. The maximum atomic E-state index is 13.0. The van der Waals surface area contributed by atoms with Gasteiger partial charge < -0.3 is 20.8 Å². The van der Waals surface area contributed by atoms with Crippen LogP contribution in [0.25, 0.3) is 0 Å². The van der Waals surface area contributed by atoms with Crippen LogP contribution in [0.4, 0.5) is 13.2 Å². The molecule has 0 radical (unpaired) electrons. The summed E-state index contributed by atoms with van der Waals surface area (Å²) >= 11 is 7.64. The Morgan fingerprint density at radius 1 is 1.24 bits per heavy atom. The summed E-state index contributed by atoms with van der Waals surface area (Å²) in [7, 11) is 0. The minimum absolute atomic E-state index is 0.0147. The van der Waals surface area contributed by atoms with Crippen molar-refractivity contribution in [2.75, 3.05) is 19.7 Å². The number of carbonyl (C=O) groups excluding carboxylic acids is 1. The molecule has 0 aromatic carbocycles. The second-order valence-corrected chi connectivity index (χ2v) is 10.2. The zero-order chi connectivity index (χ0) is 21.2. The minimum Gasteiger partial charge on any atom is -0.395 e. The van der Waals surface area contributed by atoms with E-state index in [-0.39, 0.29) is 47.9 Å². The Hall–Kier alpha value is -0.260. The van der Waals surface area contributed by atoms with Crippen LogP contribution in [-0.4, -0.2) is 70.3 Å². The number of alkyl halides is 4. The molecular formula is C18H29ClF3N3O3S. The third-order valence-electron chi connectivity index (χ3n) is 6.20. The van der Waals surface area contributed by atoms with E-state index in [0.29, 0.717) is 32.4 Å². The fraction of sp³-hybridized carbons (Fsp3) is 0.944. The molecule has 3 aliphatic rings. The van der Waals surface area contributed by atoms with Crippen LogP contribution in [-0.2, 0) is 4.79 Å². The topological polar surface area (TPSA) is 93.6 Å². The quantitative estimate of drug-likeness (QED) is 0.304. The van der Waals surface area contributed by atoms with Crippen molar-refractivity contribution in [3.63, 3.8) is 0 Å². The first-order chi connectivity index (χ1) is 13.7. The van der Waals surface area contributed by atoms with E-state index in [1.54, 1.807) is 0 Å². The van der Waals surface area contributed by atoms with Crippen LogP contribution < -0.4 is 16.0 Å². The van der Waals surface area contributed by atoms with Gasteiger partial charge in [-0.15, -0.1) is 23.4 Å². The van der Waals surface area contributed by atoms with Crippen molar-refractivity contribution >= 4 is 29.3 Å². The van der Waals surface area contributed by atoms with E-state index >= 15 is 0 Å². The number of aliphatic hydroxyl groups is 2. The van der Waals surface area contributed by atoms with Crippen LogP contribution in [0.3, 0.4) is 0 Å². The van der Waals surface area contributed by atoms with Crippen LogP contribution in [0.5, 0.6) is 0 Å². The molecule has 1 heterocycles. The molecule has 2 aliphatic carbocycles. The second kappa shape index (κ2) is 9.91. The van der Waals surface area contributed by atoms with Crippen molar-refractivity contribution in [2.45, 2.75) is 66.6 Å². The van der Waals surface area contributed by atoms with Crippen molar-refractivity contribution in [3.05, 3.63) is 0 Å². The Morgan fingerprint density at radius 2 is 2.00 bits per heavy atom. The molecule has 0 bridgehead atoms. The van der Waals surface area contributed by atoms with E-state index < -0.39 is 29.6 Å². The second-order valence-electron chi connectivity index (χ2n) is 8.24. The molecule has 1 saturated heterocycles. The summed E-state index contributed by atoms with van der Waals surface area (Å²) in [5.74, 6) is -2.48. The molecule has 0 spiro atoms. The van der Waals surface area contributed by atoms with Crippen molar-refractivity contribution in [1.29, 1.82) is 0 Å². The molecule has 29 heavy (non-hydrogen) atoms. The zero-order valence-corrected chi connectivity index (χ0v) is 17.6. The average Bonchev–Trinajstić information content (AvgIpc) is 3.04. The highest BCUT2D eigenvalue weighted by Gasteiger charge is 2.48. The van der Waals surface area contributed by atoms with Gasteiger partial charge in [0, 0.05) is 29.8 Å². The molecule has 6 nitrogen and oxygen atoms in total. The van der Waals surface area contributed by atoms with Gasteiger partial charge in [-0.3, -0.25) is 10.1 Å². The average molecular weight is 460 g/mol. The number of nitrogens with one attached hydrogen (secondary N) is 3. The van der Waals surface area contributed by atoms with Gasteiger partial charge in [-0.2, -0.15) is 13.2 Å². The molecule has 11 heteroatoms. The fourth-order valence-corrected chi connectivity index (χ4v) is 6.58. The lowest BCUT2D eigenvalue weighted by atomic mass is 9.78. The van der Waals surface area contributed by atoms with Gasteiger partial charge in [-0.25, -0.2) is 0 Å². The summed E-state index contributed by atoms with van der Waals surface area (Å²) in [6.07, 6.45) is -3.51. The Morgan fingerprint density at radius 3 is 2.69 bits per heavy atom. The summed E-state index contributed by atoms with van der Waals surface area (Å²) < 4.78 is 39.1. The van der Waals surface area contributed by atoms with Gasteiger partial charge in [0.05, 0.1) is 24.5 Å². The van der Waals surface area contributed by atoms with Gasteiger partial charge in [-0.05, 0) is 38.0 Å². The minimum atomic E-state index is -4.17. The first-order valence-corrected chi connectivity index (χ1v) is 11.5. The van der Waals surface area contributed by atoms with Gasteiger partial charge in [0.25, 0.3) is 0 Å². The van der Waals surface area contributed by atoms with Gasteiger partial charge >= 0.3 is 6.18 Å². The maximum absolute atomic E-state index is 13.0. The van der Waals surface area contributed by atoms with Crippen molar-refractivity contribution in [1.82, 2.24) is 16.0 Å². The van der Waals surface area contributed by atoms with Gasteiger partial charge in [0.1, 0.15) is 5.50 Å². The summed E-state index contributed by atoms with van der Waals surface area (Å²) in [4.78, 5) is 12.8. The predicted molar refractivity (Wildman–Crippen MR) is 105 cm³/mol. The number of halogens is 4. The first kappa shape index (κ1) is 23.4. The number of rotatable bonds is 6. The Balaban J connectivity index is 1.53. The molecule has 0 aromatic heterocycles. The number of amides is 1. The van der Waals surface area contributed by atoms with Gasteiger partial charge in [0.15, 0.2) is 0 Å². The summed E-state index contributed by atoms with van der Waals surface area (Å²) in [6.45, 7) is 0.838. The van der Waals surface area contributed by atoms with Crippen molar-refractivity contribution in [2.24, 2.45) is 17.8 Å².